The van der Waals surface area contributed by atoms with Gasteiger partial charge in [-0.3, -0.25) is 9.59 Å². The molecular formula is C11H12BrClN2O4. The molecular weight excluding hydrogens is 339 g/mol. The van der Waals surface area contributed by atoms with Gasteiger partial charge in [0, 0.05) is 6.20 Å². The van der Waals surface area contributed by atoms with Crippen LogP contribution in [0.1, 0.15) is 0 Å². The largest absolute Gasteiger partial charge is 0.468 e. The predicted molar refractivity (Wildman–Crippen MR) is 73.2 cm³/mol. The average molecular weight is 352 g/mol. The third-order valence-corrected chi connectivity index (χ3v) is 2.97. The molecule has 1 heterocycles. The van der Waals surface area contributed by atoms with Crippen LogP contribution in [0.4, 0.5) is 5.82 Å². The molecule has 0 amide bonds. The van der Waals surface area contributed by atoms with Crippen LogP contribution in [0.5, 0.6) is 0 Å². The van der Waals surface area contributed by atoms with Gasteiger partial charge in [0.25, 0.3) is 0 Å². The maximum absolute atomic E-state index is 11.4. The van der Waals surface area contributed by atoms with Gasteiger partial charge in [-0.05, 0) is 22.0 Å². The van der Waals surface area contributed by atoms with E-state index in [1.165, 1.54) is 25.3 Å². The fourth-order valence-corrected chi connectivity index (χ4v) is 2.18. The molecule has 0 fully saturated rings. The summed E-state index contributed by atoms with van der Waals surface area (Å²) in [7, 11) is 2.53. The van der Waals surface area contributed by atoms with Gasteiger partial charge in [0.2, 0.25) is 0 Å². The third kappa shape index (κ3) is 4.68. The lowest BCUT2D eigenvalue weighted by Crippen LogP contribution is -2.36. The number of rotatable bonds is 5. The Morgan fingerprint density at radius 3 is 2.26 bits per heavy atom. The molecule has 0 N–H and O–H groups in total. The van der Waals surface area contributed by atoms with E-state index in [0.29, 0.717) is 15.3 Å². The molecule has 0 aromatic carbocycles. The number of nitrogens with zero attached hydrogens (tertiary/aromatic N) is 2. The van der Waals surface area contributed by atoms with Gasteiger partial charge in [0.05, 0.1) is 23.7 Å². The molecule has 1 rings (SSSR count). The smallest absolute Gasteiger partial charge is 0.325 e. The van der Waals surface area contributed by atoms with Crippen molar-refractivity contribution in [3.8, 4) is 0 Å². The molecule has 0 unspecified atom stereocenters. The number of carbonyl (C=O) groups is 2. The molecule has 1 aromatic rings. The van der Waals surface area contributed by atoms with Crippen molar-refractivity contribution in [2.75, 3.05) is 32.2 Å². The highest BCUT2D eigenvalue weighted by atomic mass is 79.9. The number of halogens is 2. The molecule has 1 aromatic heterocycles. The molecule has 0 saturated heterocycles. The zero-order valence-electron chi connectivity index (χ0n) is 10.4. The van der Waals surface area contributed by atoms with Crippen molar-refractivity contribution in [2.24, 2.45) is 0 Å². The van der Waals surface area contributed by atoms with E-state index in [9.17, 15) is 9.59 Å². The number of hydrogen-bond acceptors (Lipinski definition) is 6. The van der Waals surface area contributed by atoms with Gasteiger partial charge < -0.3 is 14.4 Å². The normalized spacial score (nSPS) is 9.89. The van der Waals surface area contributed by atoms with E-state index in [0.717, 1.165) is 0 Å². The van der Waals surface area contributed by atoms with Crippen LogP contribution in [0.25, 0.3) is 0 Å². The number of ether oxygens (including phenoxy) is 2. The van der Waals surface area contributed by atoms with Gasteiger partial charge in [-0.1, -0.05) is 11.6 Å². The first-order valence-electron chi connectivity index (χ1n) is 5.17. The third-order valence-electron chi connectivity index (χ3n) is 2.18. The molecule has 104 valence electrons. The molecule has 0 atom stereocenters. The Balaban J connectivity index is 3.00. The highest BCUT2D eigenvalue weighted by Gasteiger charge is 2.19. The minimum Gasteiger partial charge on any atom is -0.468 e. The molecule has 0 aliphatic rings. The van der Waals surface area contributed by atoms with Gasteiger partial charge in [-0.2, -0.15) is 0 Å². The van der Waals surface area contributed by atoms with Crippen molar-refractivity contribution >= 4 is 45.3 Å². The molecule has 0 saturated carbocycles. The summed E-state index contributed by atoms with van der Waals surface area (Å²) in [5.74, 6) is -0.583. The molecule has 8 heteroatoms. The number of anilines is 1. The Kier molecular flexibility index (Phi) is 6.04. The summed E-state index contributed by atoms with van der Waals surface area (Å²) >= 11 is 9.07. The van der Waals surface area contributed by atoms with Crippen LogP contribution >= 0.6 is 27.5 Å². The van der Waals surface area contributed by atoms with Gasteiger partial charge in [0.15, 0.2) is 0 Å². The van der Waals surface area contributed by atoms with Crippen molar-refractivity contribution < 1.29 is 19.1 Å². The number of pyridine rings is 1. The zero-order valence-corrected chi connectivity index (χ0v) is 12.7. The highest BCUT2D eigenvalue weighted by molar-refractivity contribution is 9.10. The van der Waals surface area contributed by atoms with E-state index in [2.05, 4.69) is 30.4 Å². The first-order valence-corrected chi connectivity index (χ1v) is 6.34. The van der Waals surface area contributed by atoms with Crippen LogP contribution in [0.15, 0.2) is 16.7 Å². The van der Waals surface area contributed by atoms with Crippen LogP contribution in [-0.4, -0.2) is 44.2 Å². The summed E-state index contributed by atoms with van der Waals surface area (Å²) in [5, 5.41) is 0.437. The number of carbonyl (C=O) groups excluding carboxylic acids is 2. The number of esters is 2. The van der Waals surface area contributed by atoms with Crippen LogP contribution < -0.4 is 4.90 Å². The summed E-state index contributed by atoms with van der Waals surface area (Å²) in [5.41, 5.74) is 0. The molecule has 0 spiro atoms. The molecule has 0 aliphatic heterocycles. The minimum atomic E-state index is -0.493. The Bertz CT molecular complexity index is 466. The number of hydrogen-bond donors (Lipinski definition) is 0. The van der Waals surface area contributed by atoms with Crippen molar-refractivity contribution in [3.05, 3.63) is 21.8 Å². The Morgan fingerprint density at radius 2 is 1.84 bits per heavy atom. The minimum absolute atomic E-state index is 0.126. The fourth-order valence-electron chi connectivity index (χ4n) is 1.29. The molecule has 0 radical (unpaired) electrons. The van der Waals surface area contributed by atoms with Gasteiger partial charge in [-0.25, -0.2) is 4.98 Å². The topological polar surface area (TPSA) is 68.7 Å². The van der Waals surface area contributed by atoms with E-state index in [-0.39, 0.29) is 13.1 Å². The first-order chi connectivity index (χ1) is 8.97. The zero-order chi connectivity index (χ0) is 14.4. The summed E-state index contributed by atoms with van der Waals surface area (Å²) in [4.78, 5) is 28.2. The number of methoxy groups -OCH3 is 2. The summed E-state index contributed by atoms with van der Waals surface area (Å²) < 4.78 is 9.72. The van der Waals surface area contributed by atoms with Crippen molar-refractivity contribution in [2.45, 2.75) is 0 Å². The fraction of sp³-hybridized carbons (Fsp3) is 0.364. The predicted octanol–water partition coefficient (Wildman–Crippen LogP) is 1.65. The summed E-state index contributed by atoms with van der Waals surface area (Å²) in [6.45, 7) is -0.252. The second-order valence-corrected chi connectivity index (χ2v) is 4.76. The Hall–Kier alpha value is -1.34. The van der Waals surface area contributed by atoms with E-state index < -0.39 is 11.9 Å². The molecule has 19 heavy (non-hydrogen) atoms. The standard InChI is InChI=1S/C11H12BrClN2O4/c1-18-9(16)5-15(6-10(17)19-2)11-8(12)3-7(13)4-14-11/h3-4H,5-6H2,1-2H3. The van der Waals surface area contributed by atoms with Crippen LogP contribution in [0.2, 0.25) is 5.02 Å². The highest BCUT2D eigenvalue weighted by Crippen LogP contribution is 2.26. The lowest BCUT2D eigenvalue weighted by atomic mass is 10.4. The summed E-state index contributed by atoms with van der Waals surface area (Å²) in [6, 6.07) is 1.62. The van der Waals surface area contributed by atoms with E-state index in [1.54, 1.807) is 6.07 Å². The SMILES string of the molecule is COC(=O)CN(CC(=O)OC)c1ncc(Cl)cc1Br. The van der Waals surface area contributed by atoms with E-state index in [4.69, 9.17) is 11.6 Å². The van der Waals surface area contributed by atoms with Crippen molar-refractivity contribution in [3.63, 3.8) is 0 Å². The Labute approximate surface area is 123 Å². The van der Waals surface area contributed by atoms with E-state index in [1.807, 2.05) is 0 Å². The maximum atomic E-state index is 11.4. The van der Waals surface area contributed by atoms with Crippen molar-refractivity contribution in [1.29, 1.82) is 0 Å². The average Bonchev–Trinajstić information content (AvgIpc) is 2.37. The maximum Gasteiger partial charge on any atom is 0.325 e. The Morgan fingerprint density at radius 1 is 1.32 bits per heavy atom. The monoisotopic (exact) mass is 350 g/mol. The lowest BCUT2D eigenvalue weighted by molar-refractivity contribution is -0.140. The van der Waals surface area contributed by atoms with Gasteiger partial charge in [0.1, 0.15) is 18.9 Å². The van der Waals surface area contributed by atoms with Gasteiger partial charge >= 0.3 is 11.9 Å². The van der Waals surface area contributed by atoms with Crippen molar-refractivity contribution in [1.82, 2.24) is 4.98 Å². The first kappa shape index (κ1) is 15.7. The second kappa shape index (κ2) is 7.30. The van der Waals surface area contributed by atoms with Crippen LogP contribution in [-0.2, 0) is 19.1 Å². The molecule has 6 nitrogen and oxygen atoms in total. The molecule has 0 bridgehead atoms. The van der Waals surface area contributed by atoms with E-state index >= 15 is 0 Å². The quantitative estimate of drug-likeness (QED) is 0.751. The summed E-state index contributed by atoms with van der Waals surface area (Å²) in [6.07, 6.45) is 1.42. The lowest BCUT2D eigenvalue weighted by Gasteiger charge is -2.22. The van der Waals surface area contributed by atoms with Crippen LogP contribution in [0.3, 0.4) is 0 Å². The number of aromatic nitrogens is 1. The van der Waals surface area contributed by atoms with Gasteiger partial charge in [-0.15, -0.1) is 0 Å². The second-order valence-electron chi connectivity index (χ2n) is 3.47. The molecule has 0 aliphatic carbocycles. The van der Waals surface area contributed by atoms with Crippen LogP contribution in [0, 0.1) is 0 Å².